The minimum absolute atomic E-state index is 0.187. The lowest BCUT2D eigenvalue weighted by Gasteiger charge is -2.24. The number of carbonyl (C=O) groups is 1. The van der Waals surface area contributed by atoms with Gasteiger partial charge in [-0.15, -0.1) is 11.6 Å². The highest BCUT2D eigenvalue weighted by molar-refractivity contribution is 6.35. The van der Waals surface area contributed by atoms with Gasteiger partial charge in [-0.05, 0) is 18.8 Å². The third-order valence-corrected chi connectivity index (χ3v) is 3.35. The van der Waals surface area contributed by atoms with Crippen LogP contribution in [0, 0.1) is 11.8 Å². The van der Waals surface area contributed by atoms with Crippen LogP contribution in [0.25, 0.3) is 0 Å². The van der Waals surface area contributed by atoms with Gasteiger partial charge in [0.25, 0.3) is 0 Å². The smallest absolute Gasteiger partial charge is 0.239 e. The van der Waals surface area contributed by atoms with Crippen LogP contribution in [0.2, 0.25) is 0 Å². The normalized spacial score (nSPS) is 46.6. The molecule has 2 aliphatic rings. The molecule has 0 saturated heterocycles. The van der Waals surface area contributed by atoms with E-state index >= 15 is 0 Å². The van der Waals surface area contributed by atoms with E-state index < -0.39 is 4.87 Å². The topological polar surface area (TPSA) is 43.1 Å². The van der Waals surface area contributed by atoms with E-state index in [1.807, 2.05) is 6.08 Å². The van der Waals surface area contributed by atoms with Crippen molar-refractivity contribution in [2.75, 3.05) is 0 Å². The Morgan fingerprint density at radius 1 is 1.64 bits per heavy atom. The summed E-state index contributed by atoms with van der Waals surface area (Å²) < 4.78 is 0. The molecule has 2 nitrogen and oxygen atoms in total. The molecule has 60 valence electrons. The number of carbonyl (C=O) groups excluding carboxylic acids is 1. The van der Waals surface area contributed by atoms with Crippen molar-refractivity contribution in [3.05, 3.63) is 12.2 Å². The van der Waals surface area contributed by atoms with Gasteiger partial charge in [-0.2, -0.15) is 0 Å². The van der Waals surface area contributed by atoms with Crippen molar-refractivity contribution in [2.45, 2.75) is 17.7 Å². The Balaban J connectivity index is 2.30. The average molecular weight is 172 g/mol. The van der Waals surface area contributed by atoms with Crippen LogP contribution in [0.1, 0.15) is 12.8 Å². The molecule has 3 atom stereocenters. The van der Waals surface area contributed by atoms with E-state index in [0.29, 0.717) is 5.92 Å². The number of alkyl halides is 1. The molecule has 2 aliphatic carbocycles. The Morgan fingerprint density at radius 2 is 2.36 bits per heavy atom. The van der Waals surface area contributed by atoms with Gasteiger partial charge in [-0.3, -0.25) is 4.79 Å². The molecular weight excluding hydrogens is 162 g/mol. The van der Waals surface area contributed by atoms with Crippen LogP contribution in [0.4, 0.5) is 0 Å². The summed E-state index contributed by atoms with van der Waals surface area (Å²) in [5.74, 6) is 0.313. The first-order valence-corrected chi connectivity index (χ1v) is 4.18. The van der Waals surface area contributed by atoms with Crippen LogP contribution in [0.5, 0.6) is 0 Å². The van der Waals surface area contributed by atoms with E-state index in [4.69, 9.17) is 17.3 Å². The van der Waals surface area contributed by atoms with E-state index in [2.05, 4.69) is 6.08 Å². The molecule has 0 unspecified atom stereocenters. The molecule has 1 saturated carbocycles. The van der Waals surface area contributed by atoms with Crippen LogP contribution in [0.15, 0.2) is 12.2 Å². The fourth-order valence-corrected chi connectivity index (χ4v) is 2.44. The maximum atomic E-state index is 11.0. The fourth-order valence-electron chi connectivity index (χ4n) is 2.08. The first-order valence-electron chi connectivity index (χ1n) is 3.80. The first-order chi connectivity index (χ1) is 5.13. The lowest BCUT2D eigenvalue weighted by Crippen LogP contribution is -2.41. The average Bonchev–Trinajstić information content (AvgIpc) is 2.45. The summed E-state index contributed by atoms with van der Waals surface area (Å²) in [6.07, 6.45) is 5.89. The predicted molar refractivity (Wildman–Crippen MR) is 43.1 cm³/mol. The van der Waals surface area contributed by atoms with Gasteiger partial charge in [-0.1, -0.05) is 12.2 Å². The molecule has 3 heteroatoms. The van der Waals surface area contributed by atoms with Gasteiger partial charge in [0.2, 0.25) is 5.91 Å². The molecule has 0 spiro atoms. The van der Waals surface area contributed by atoms with Gasteiger partial charge in [-0.25, -0.2) is 0 Å². The molecule has 0 aromatic carbocycles. The van der Waals surface area contributed by atoms with E-state index in [1.54, 1.807) is 0 Å². The van der Waals surface area contributed by atoms with Crippen molar-refractivity contribution < 1.29 is 4.79 Å². The maximum Gasteiger partial charge on any atom is 0.239 e. The lowest BCUT2D eigenvalue weighted by molar-refractivity contribution is -0.121. The number of halogens is 1. The second kappa shape index (κ2) is 2.01. The SMILES string of the molecule is NC(=O)[C@]1(Cl)C[C@@H]2C=C[C@@H]1C2. The highest BCUT2D eigenvalue weighted by Gasteiger charge is 2.51. The van der Waals surface area contributed by atoms with Gasteiger partial charge >= 0.3 is 0 Å². The number of rotatable bonds is 1. The maximum absolute atomic E-state index is 11.0. The summed E-state index contributed by atoms with van der Waals surface area (Å²) in [7, 11) is 0. The van der Waals surface area contributed by atoms with Crippen LogP contribution >= 0.6 is 11.6 Å². The van der Waals surface area contributed by atoms with Crippen molar-refractivity contribution in [2.24, 2.45) is 17.6 Å². The molecule has 0 aromatic rings. The summed E-state index contributed by atoms with van der Waals surface area (Å²) in [4.78, 5) is 10.2. The van der Waals surface area contributed by atoms with Crippen molar-refractivity contribution in [3.63, 3.8) is 0 Å². The fraction of sp³-hybridized carbons (Fsp3) is 0.625. The van der Waals surface area contributed by atoms with Crippen molar-refractivity contribution in [1.29, 1.82) is 0 Å². The van der Waals surface area contributed by atoms with Crippen molar-refractivity contribution in [1.82, 2.24) is 0 Å². The van der Waals surface area contributed by atoms with E-state index in [9.17, 15) is 4.79 Å². The summed E-state index contributed by atoms with van der Waals surface area (Å²) in [5, 5.41) is 0. The van der Waals surface area contributed by atoms with Gasteiger partial charge in [0.15, 0.2) is 0 Å². The Labute approximate surface area is 70.4 Å². The number of amides is 1. The Kier molecular flexibility index (Phi) is 1.31. The quantitative estimate of drug-likeness (QED) is 0.465. The molecule has 2 N–H and O–H groups in total. The van der Waals surface area contributed by atoms with Crippen LogP contribution in [-0.4, -0.2) is 10.8 Å². The molecule has 1 amide bonds. The van der Waals surface area contributed by atoms with E-state index in [1.165, 1.54) is 0 Å². The number of primary amides is 1. The van der Waals surface area contributed by atoms with Gasteiger partial charge in [0.05, 0.1) is 0 Å². The van der Waals surface area contributed by atoms with E-state index in [-0.39, 0.29) is 11.8 Å². The number of hydrogen-bond donors (Lipinski definition) is 1. The zero-order valence-electron chi connectivity index (χ0n) is 6.09. The largest absolute Gasteiger partial charge is 0.368 e. The molecule has 0 heterocycles. The summed E-state index contributed by atoms with van der Waals surface area (Å²) >= 11 is 6.08. The van der Waals surface area contributed by atoms with Crippen molar-refractivity contribution in [3.8, 4) is 0 Å². The molecule has 0 aromatic heterocycles. The predicted octanol–water partition coefficient (Wildman–Crippen LogP) is 1.05. The van der Waals surface area contributed by atoms with E-state index in [0.717, 1.165) is 12.8 Å². The molecule has 2 rings (SSSR count). The minimum Gasteiger partial charge on any atom is -0.368 e. The van der Waals surface area contributed by atoms with Gasteiger partial charge < -0.3 is 5.73 Å². The lowest BCUT2D eigenvalue weighted by atomic mass is 9.92. The number of nitrogens with two attached hydrogens (primary N) is 1. The third kappa shape index (κ3) is 0.822. The highest BCUT2D eigenvalue weighted by Crippen LogP contribution is 2.49. The molecular formula is C8H10ClNO. The van der Waals surface area contributed by atoms with Crippen molar-refractivity contribution >= 4 is 17.5 Å². The summed E-state index contributed by atoms with van der Waals surface area (Å²) in [6.45, 7) is 0. The zero-order valence-corrected chi connectivity index (χ0v) is 6.84. The molecule has 2 bridgehead atoms. The summed E-state index contributed by atoms with van der Waals surface area (Å²) in [5.41, 5.74) is 5.21. The Morgan fingerprint density at radius 3 is 2.64 bits per heavy atom. The van der Waals surface area contributed by atoms with Crippen LogP contribution in [-0.2, 0) is 4.79 Å². The molecule has 0 aliphatic heterocycles. The first kappa shape index (κ1) is 7.17. The van der Waals surface area contributed by atoms with Gasteiger partial charge in [0.1, 0.15) is 4.87 Å². The number of hydrogen-bond acceptors (Lipinski definition) is 1. The Hall–Kier alpha value is -0.500. The molecule has 1 fully saturated rings. The Bertz CT molecular complexity index is 238. The minimum atomic E-state index is -0.764. The number of allylic oxidation sites excluding steroid dienone is 2. The van der Waals surface area contributed by atoms with Crippen LogP contribution < -0.4 is 5.73 Å². The second-order valence-electron chi connectivity index (χ2n) is 3.42. The zero-order chi connectivity index (χ0) is 8.06. The van der Waals surface area contributed by atoms with Gasteiger partial charge in [0, 0.05) is 5.92 Å². The van der Waals surface area contributed by atoms with Crippen LogP contribution in [0.3, 0.4) is 0 Å². The number of fused-ring (bicyclic) bond motifs is 2. The summed E-state index contributed by atoms with van der Waals surface area (Å²) in [6, 6.07) is 0. The highest BCUT2D eigenvalue weighted by atomic mass is 35.5. The standard InChI is InChI=1S/C8H10ClNO/c9-8(7(10)11)4-5-1-2-6(8)3-5/h1-2,5-6H,3-4H2,(H2,10,11)/t5-,6-,8+/m1/s1. The second-order valence-corrected chi connectivity index (χ2v) is 4.09. The molecule has 11 heavy (non-hydrogen) atoms. The molecule has 0 radical (unpaired) electrons. The monoisotopic (exact) mass is 171 g/mol. The third-order valence-electron chi connectivity index (χ3n) is 2.73.